The molecule has 0 radical (unpaired) electrons. The Labute approximate surface area is 169 Å². The maximum Gasteiger partial charge on any atom is 0.238 e. The van der Waals surface area contributed by atoms with Crippen LogP contribution in [0.3, 0.4) is 0 Å². The molecule has 4 rings (SSSR count). The second-order valence-corrected chi connectivity index (χ2v) is 7.97. The van der Waals surface area contributed by atoms with Gasteiger partial charge in [-0.3, -0.25) is 9.69 Å². The Hall–Kier alpha value is -2.63. The Bertz CT molecular complexity index is 879. The molecule has 1 aromatic heterocycles. The lowest BCUT2D eigenvalue weighted by molar-refractivity contribution is -0.117. The van der Waals surface area contributed by atoms with Gasteiger partial charge < -0.3 is 10.1 Å². The monoisotopic (exact) mass is 392 g/mol. The fraction of sp³-hybridized carbons (Fsp3) is 0.261. The van der Waals surface area contributed by atoms with Crippen molar-refractivity contribution in [3.05, 3.63) is 82.6 Å². The summed E-state index contributed by atoms with van der Waals surface area (Å²) >= 11 is 1.77. The number of nitrogens with zero attached hydrogens (tertiary/aromatic N) is 1. The zero-order valence-electron chi connectivity index (χ0n) is 15.7. The number of ether oxygens (including phenoxy) is 1. The number of benzene rings is 2. The van der Waals surface area contributed by atoms with Crippen molar-refractivity contribution in [3.63, 3.8) is 0 Å². The van der Waals surface area contributed by atoms with Crippen molar-refractivity contribution in [1.29, 1.82) is 0 Å². The number of rotatable bonds is 7. The SMILES string of the molecule is O=C(CN1CCC[C@@H]1c1cccs1)Nc1ccc(OCc2ccccc2)cc1. The van der Waals surface area contributed by atoms with Gasteiger partial charge in [-0.25, -0.2) is 0 Å². The van der Waals surface area contributed by atoms with Crippen LogP contribution in [0.2, 0.25) is 0 Å². The predicted octanol–water partition coefficient (Wildman–Crippen LogP) is 5.10. The Kier molecular flexibility index (Phi) is 6.04. The summed E-state index contributed by atoms with van der Waals surface area (Å²) in [6, 6.07) is 22.3. The smallest absolute Gasteiger partial charge is 0.238 e. The second kappa shape index (κ2) is 9.04. The molecule has 1 atom stereocenters. The average Bonchev–Trinajstić information content (AvgIpc) is 3.40. The molecule has 0 unspecified atom stereocenters. The van der Waals surface area contributed by atoms with Crippen molar-refractivity contribution in [2.45, 2.75) is 25.5 Å². The molecule has 144 valence electrons. The number of carbonyl (C=O) groups excluding carboxylic acids is 1. The molecule has 5 heteroatoms. The minimum Gasteiger partial charge on any atom is -0.489 e. The molecule has 1 aliphatic heterocycles. The van der Waals surface area contributed by atoms with Crippen molar-refractivity contribution < 1.29 is 9.53 Å². The summed E-state index contributed by atoms with van der Waals surface area (Å²) < 4.78 is 5.80. The maximum atomic E-state index is 12.5. The lowest BCUT2D eigenvalue weighted by Gasteiger charge is -2.22. The lowest BCUT2D eigenvalue weighted by atomic mass is 10.2. The quantitative estimate of drug-likeness (QED) is 0.608. The summed E-state index contributed by atoms with van der Waals surface area (Å²) in [4.78, 5) is 16.1. The van der Waals surface area contributed by atoms with Crippen LogP contribution < -0.4 is 10.1 Å². The number of anilines is 1. The van der Waals surface area contributed by atoms with E-state index in [2.05, 4.69) is 27.7 Å². The number of likely N-dealkylation sites (tertiary alicyclic amines) is 1. The largest absolute Gasteiger partial charge is 0.489 e. The normalized spacial score (nSPS) is 16.8. The van der Waals surface area contributed by atoms with E-state index in [4.69, 9.17) is 4.74 Å². The van der Waals surface area contributed by atoms with Crippen LogP contribution >= 0.6 is 11.3 Å². The third-order valence-electron chi connectivity index (χ3n) is 4.97. The van der Waals surface area contributed by atoms with E-state index in [0.717, 1.165) is 36.4 Å². The first-order valence-electron chi connectivity index (χ1n) is 9.62. The number of hydrogen-bond acceptors (Lipinski definition) is 4. The molecule has 0 bridgehead atoms. The molecule has 1 aliphatic rings. The molecular weight excluding hydrogens is 368 g/mol. The van der Waals surface area contributed by atoms with Gasteiger partial charge in [0.2, 0.25) is 5.91 Å². The molecule has 4 nitrogen and oxygen atoms in total. The van der Waals surface area contributed by atoms with Crippen molar-refractivity contribution in [2.75, 3.05) is 18.4 Å². The number of hydrogen-bond donors (Lipinski definition) is 1. The van der Waals surface area contributed by atoms with Gasteiger partial charge in [0.05, 0.1) is 6.54 Å². The number of amides is 1. The van der Waals surface area contributed by atoms with Crippen molar-refractivity contribution in [1.82, 2.24) is 4.90 Å². The molecule has 0 spiro atoms. The zero-order chi connectivity index (χ0) is 19.2. The highest BCUT2D eigenvalue weighted by molar-refractivity contribution is 7.10. The Morgan fingerprint density at radius 2 is 1.89 bits per heavy atom. The Morgan fingerprint density at radius 1 is 1.07 bits per heavy atom. The molecule has 1 amide bonds. The van der Waals surface area contributed by atoms with Crippen LogP contribution in [0.4, 0.5) is 5.69 Å². The van der Waals surface area contributed by atoms with Crippen LogP contribution in [-0.4, -0.2) is 23.9 Å². The highest BCUT2D eigenvalue weighted by Crippen LogP contribution is 2.34. The summed E-state index contributed by atoms with van der Waals surface area (Å²) in [7, 11) is 0. The fourth-order valence-electron chi connectivity index (χ4n) is 3.58. The van der Waals surface area contributed by atoms with Gasteiger partial charge in [-0.05, 0) is 60.7 Å². The third kappa shape index (κ3) is 4.80. The fourth-order valence-corrected chi connectivity index (χ4v) is 4.47. The average molecular weight is 393 g/mol. The Balaban J connectivity index is 1.28. The highest BCUT2D eigenvalue weighted by atomic mass is 32.1. The summed E-state index contributed by atoms with van der Waals surface area (Å²) in [6.07, 6.45) is 2.27. The molecule has 3 aromatic rings. The third-order valence-corrected chi connectivity index (χ3v) is 5.94. The minimum atomic E-state index is 0.0291. The first kappa shape index (κ1) is 18.7. The molecule has 2 heterocycles. The first-order chi connectivity index (χ1) is 13.8. The lowest BCUT2D eigenvalue weighted by Crippen LogP contribution is -2.32. The van der Waals surface area contributed by atoms with Crippen LogP contribution in [0.15, 0.2) is 72.1 Å². The van der Waals surface area contributed by atoms with E-state index >= 15 is 0 Å². The van der Waals surface area contributed by atoms with Gasteiger partial charge in [-0.1, -0.05) is 36.4 Å². The molecule has 0 saturated carbocycles. The summed E-state index contributed by atoms with van der Waals surface area (Å²) in [5, 5.41) is 5.11. The van der Waals surface area contributed by atoms with E-state index in [1.165, 1.54) is 4.88 Å². The van der Waals surface area contributed by atoms with Gasteiger partial charge in [0.25, 0.3) is 0 Å². The maximum absolute atomic E-state index is 12.5. The van der Waals surface area contributed by atoms with Crippen molar-refractivity contribution >= 4 is 22.9 Å². The van der Waals surface area contributed by atoms with E-state index in [1.54, 1.807) is 11.3 Å². The first-order valence-corrected chi connectivity index (χ1v) is 10.5. The minimum absolute atomic E-state index is 0.0291. The molecule has 2 aromatic carbocycles. The molecule has 1 N–H and O–H groups in total. The summed E-state index contributed by atoms with van der Waals surface area (Å²) in [5.41, 5.74) is 1.93. The standard InChI is InChI=1S/C23H24N2O2S/c26-23(16-25-14-4-8-21(25)22-9-5-15-28-22)24-19-10-12-20(13-11-19)27-17-18-6-2-1-3-7-18/h1-3,5-7,9-13,15,21H,4,8,14,16-17H2,(H,24,26)/t21-/m1/s1. The molecule has 28 heavy (non-hydrogen) atoms. The van der Waals surface area contributed by atoms with Crippen LogP contribution in [0, 0.1) is 0 Å². The molecule has 0 aliphatic carbocycles. The van der Waals surface area contributed by atoms with E-state index in [9.17, 15) is 4.79 Å². The van der Waals surface area contributed by atoms with Crippen molar-refractivity contribution in [3.8, 4) is 5.75 Å². The Morgan fingerprint density at radius 3 is 2.64 bits per heavy atom. The van der Waals surface area contributed by atoms with Crippen LogP contribution in [0.5, 0.6) is 5.75 Å². The molecule has 1 saturated heterocycles. The van der Waals surface area contributed by atoms with E-state index < -0.39 is 0 Å². The van der Waals surface area contributed by atoms with Gasteiger partial charge in [0.1, 0.15) is 12.4 Å². The van der Waals surface area contributed by atoms with E-state index in [1.807, 2.05) is 54.6 Å². The topological polar surface area (TPSA) is 41.6 Å². The van der Waals surface area contributed by atoms with Gasteiger partial charge in [0.15, 0.2) is 0 Å². The van der Waals surface area contributed by atoms with Gasteiger partial charge in [-0.2, -0.15) is 0 Å². The molecule has 1 fully saturated rings. The van der Waals surface area contributed by atoms with Gasteiger partial charge in [-0.15, -0.1) is 11.3 Å². The summed E-state index contributed by atoms with van der Waals surface area (Å²) in [6.45, 7) is 1.93. The number of thiophene rings is 1. The number of carbonyl (C=O) groups is 1. The molecular formula is C23H24N2O2S. The van der Waals surface area contributed by atoms with Crippen molar-refractivity contribution in [2.24, 2.45) is 0 Å². The zero-order valence-corrected chi connectivity index (χ0v) is 16.5. The van der Waals surface area contributed by atoms with Crippen LogP contribution in [-0.2, 0) is 11.4 Å². The second-order valence-electron chi connectivity index (χ2n) is 6.99. The summed E-state index contributed by atoms with van der Waals surface area (Å²) in [5.74, 6) is 0.820. The van der Waals surface area contributed by atoms with E-state index in [-0.39, 0.29) is 5.91 Å². The highest BCUT2D eigenvalue weighted by Gasteiger charge is 2.28. The number of nitrogens with one attached hydrogen (secondary N) is 1. The predicted molar refractivity (Wildman–Crippen MR) is 114 cm³/mol. The van der Waals surface area contributed by atoms with Crippen LogP contribution in [0.25, 0.3) is 0 Å². The van der Waals surface area contributed by atoms with Crippen LogP contribution in [0.1, 0.15) is 29.3 Å². The van der Waals surface area contributed by atoms with Gasteiger partial charge in [0, 0.05) is 16.6 Å². The van der Waals surface area contributed by atoms with E-state index in [0.29, 0.717) is 19.2 Å². The van der Waals surface area contributed by atoms with Gasteiger partial charge >= 0.3 is 0 Å².